The van der Waals surface area contributed by atoms with Crippen molar-refractivity contribution in [3.05, 3.63) is 52.0 Å². The Labute approximate surface area is 177 Å². The Morgan fingerprint density at radius 1 is 1.17 bits per heavy atom. The van der Waals surface area contributed by atoms with Crippen molar-refractivity contribution in [3.63, 3.8) is 0 Å². The minimum atomic E-state index is -0.541. The molecule has 1 aliphatic carbocycles. The number of carbonyl (C=O) groups is 3. The first-order valence-corrected chi connectivity index (χ1v) is 10.8. The summed E-state index contributed by atoms with van der Waals surface area (Å²) in [5.41, 5.74) is 8.93. The zero-order valence-corrected chi connectivity index (χ0v) is 17.3. The molecule has 1 aliphatic rings. The highest BCUT2D eigenvalue weighted by molar-refractivity contribution is 7.17. The second-order valence-corrected chi connectivity index (χ2v) is 8.45. The van der Waals surface area contributed by atoms with Gasteiger partial charge in [-0.2, -0.15) is 0 Å². The van der Waals surface area contributed by atoms with Gasteiger partial charge >= 0.3 is 5.97 Å². The predicted octanol–water partition coefficient (Wildman–Crippen LogP) is 3.32. The fourth-order valence-corrected chi connectivity index (χ4v) is 5.18. The van der Waals surface area contributed by atoms with Crippen LogP contribution in [0.3, 0.4) is 0 Å². The number of benzene rings is 1. The Hall–Kier alpha value is -3.13. The highest BCUT2D eigenvalue weighted by Crippen LogP contribution is 2.37. The Bertz CT molecular complexity index is 1110. The molecule has 0 bridgehead atoms. The monoisotopic (exact) mass is 425 g/mol. The van der Waals surface area contributed by atoms with Gasteiger partial charge in [-0.05, 0) is 49.3 Å². The van der Waals surface area contributed by atoms with E-state index >= 15 is 0 Å². The van der Waals surface area contributed by atoms with Crippen LogP contribution in [-0.2, 0) is 33.6 Å². The van der Waals surface area contributed by atoms with Gasteiger partial charge in [0.05, 0.1) is 5.56 Å². The molecule has 4 rings (SSSR count). The molecule has 0 unspecified atom stereocenters. The van der Waals surface area contributed by atoms with E-state index in [9.17, 15) is 14.4 Å². The van der Waals surface area contributed by atoms with Crippen molar-refractivity contribution in [1.29, 1.82) is 0 Å². The van der Waals surface area contributed by atoms with Gasteiger partial charge in [0.25, 0.3) is 11.8 Å². The smallest absolute Gasteiger partial charge is 0.306 e. The van der Waals surface area contributed by atoms with E-state index in [0.717, 1.165) is 52.6 Å². The Balaban J connectivity index is 1.31. The first-order valence-electron chi connectivity index (χ1n) is 9.97. The first-order chi connectivity index (χ1) is 14.5. The molecular weight excluding hydrogens is 402 g/mol. The van der Waals surface area contributed by atoms with Gasteiger partial charge in [-0.25, -0.2) is 0 Å². The predicted molar refractivity (Wildman–Crippen MR) is 116 cm³/mol. The van der Waals surface area contributed by atoms with E-state index in [-0.39, 0.29) is 6.42 Å². The molecule has 2 amide bonds. The number of amides is 2. The lowest BCUT2D eigenvalue weighted by Gasteiger charge is -2.11. The standard InChI is InChI=1S/C22H23N3O4S/c23-21(28)20-15-6-2-4-8-17(15)30-22(20)25-18(26)12-29-19(27)10-9-13-11-24-16-7-3-1-5-14(13)16/h1,3,5,7,11,24H,2,4,6,8-10,12H2,(H2,23,28)(H,25,26). The minimum Gasteiger partial charge on any atom is -0.456 e. The number of nitrogens with one attached hydrogen (secondary N) is 2. The zero-order valence-electron chi connectivity index (χ0n) is 16.5. The van der Waals surface area contributed by atoms with Crippen LogP contribution in [-0.4, -0.2) is 29.4 Å². The largest absolute Gasteiger partial charge is 0.456 e. The molecule has 4 N–H and O–H groups in total. The second-order valence-electron chi connectivity index (χ2n) is 7.35. The fourth-order valence-electron chi connectivity index (χ4n) is 3.87. The quantitative estimate of drug-likeness (QED) is 0.504. The number of hydrogen-bond acceptors (Lipinski definition) is 5. The molecule has 0 spiro atoms. The number of rotatable bonds is 7. The molecule has 3 aromatic rings. The number of thiophene rings is 1. The van der Waals surface area contributed by atoms with Gasteiger partial charge in [0.1, 0.15) is 5.00 Å². The van der Waals surface area contributed by atoms with Crippen molar-refractivity contribution in [2.75, 3.05) is 11.9 Å². The average molecular weight is 426 g/mol. The molecule has 0 saturated carbocycles. The lowest BCUT2D eigenvalue weighted by atomic mass is 9.95. The number of aryl methyl sites for hydroxylation is 2. The summed E-state index contributed by atoms with van der Waals surface area (Å²) >= 11 is 1.39. The van der Waals surface area contributed by atoms with Gasteiger partial charge in [0, 0.05) is 28.4 Å². The summed E-state index contributed by atoms with van der Waals surface area (Å²) in [4.78, 5) is 40.5. The number of ether oxygens (including phenoxy) is 1. The molecular formula is C22H23N3O4S. The van der Waals surface area contributed by atoms with Crippen LogP contribution in [0.25, 0.3) is 10.9 Å². The third-order valence-electron chi connectivity index (χ3n) is 5.31. The molecule has 1 aromatic carbocycles. The van der Waals surface area contributed by atoms with Gasteiger partial charge in [-0.15, -0.1) is 11.3 Å². The van der Waals surface area contributed by atoms with E-state index in [0.29, 0.717) is 17.0 Å². The number of H-pyrrole nitrogens is 1. The average Bonchev–Trinajstić information content (AvgIpc) is 3.31. The lowest BCUT2D eigenvalue weighted by Crippen LogP contribution is -2.23. The van der Waals surface area contributed by atoms with E-state index in [2.05, 4.69) is 10.3 Å². The number of para-hydroxylation sites is 1. The van der Waals surface area contributed by atoms with E-state index < -0.39 is 24.4 Å². The van der Waals surface area contributed by atoms with Gasteiger partial charge < -0.3 is 20.8 Å². The SMILES string of the molecule is NC(=O)c1c(NC(=O)COC(=O)CCc2c[nH]c3ccccc23)sc2c1CCCC2. The fraction of sp³-hybridized carbons (Fsp3) is 0.318. The number of primary amides is 1. The number of aromatic amines is 1. The normalized spacial score (nSPS) is 13.1. The maximum Gasteiger partial charge on any atom is 0.306 e. The van der Waals surface area contributed by atoms with Crippen molar-refractivity contribution in [3.8, 4) is 0 Å². The molecule has 156 valence electrons. The third kappa shape index (κ3) is 4.23. The highest BCUT2D eigenvalue weighted by atomic mass is 32.1. The zero-order chi connectivity index (χ0) is 21.1. The molecule has 0 radical (unpaired) electrons. The molecule has 0 fully saturated rings. The van der Waals surface area contributed by atoms with E-state index in [1.807, 2.05) is 30.5 Å². The maximum absolute atomic E-state index is 12.3. The number of nitrogens with two attached hydrogens (primary N) is 1. The van der Waals surface area contributed by atoms with Gasteiger partial charge in [-0.3, -0.25) is 14.4 Å². The summed E-state index contributed by atoms with van der Waals surface area (Å²) in [6.07, 6.45) is 6.33. The van der Waals surface area contributed by atoms with E-state index in [4.69, 9.17) is 10.5 Å². The Morgan fingerprint density at radius 3 is 2.80 bits per heavy atom. The summed E-state index contributed by atoms with van der Waals surface area (Å²) < 4.78 is 5.12. The summed E-state index contributed by atoms with van der Waals surface area (Å²) in [5.74, 6) is -1.46. The third-order valence-corrected chi connectivity index (χ3v) is 6.52. The topological polar surface area (TPSA) is 114 Å². The van der Waals surface area contributed by atoms with Crippen molar-refractivity contribution in [2.24, 2.45) is 5.73 Å². The highest BCUT2D eigenvalue weighted by Gasteiger charge is 2.25. The van der Waals surface area contributed by atoms with Gasteiger partial charge in [0.15, 0.2) is 6.61 Å². The molecule has 2 aromatic heterocycles. The van der Waals surface area contributed by atoms with Crippen LogP contribution in [0.4, 0.5) is 5.00 Å². The number of carbonyl (C=O) groups excluding carboxylic acids is 3. The summed E-state index contributed by atoms with van der Waals surface area (Å²) in [5, 5.41) is 4.22. The van der Waals surface area contributed by atoms with Crippen LogP contribution in [0.15, 0.2) is 30.5 Å². The van der Waals surface area contributed by atoms with Crippen LogP contribution in [0.1, 0.15) is 45.6 Å². The lowest BCUT2D eigenvalue weighted by molar-refractivity contribution is -0.147. The summed E-state index contributed by atoms with van der Waals surface area (Å²) in [6.45, 7) is -0.395. The van der Waals surface area contributed by atoms with Crippen molar-refractivity contribution < 1.29 is 19.1 Å². The first kappa shape index (κ1) is 20.2. The molecule has 8 heteroatoms. The maximum atomic E-state index is 12.3. The number of esters is 1. The van der Waals surface area contributed by atoms with Crippen molar-refractivity contribution >= 4 is 45.0 Å². The van der Waals surface area contributed by atoms with Crippen LogP contribution >= 0.6 is 11.3 Å². The van der Waals surface area contributed by atoms with Gasteiger partial charge in [-0.1, -0.05) is 18.2 Å². The number of aromatic nitrogens is 1. The molecule has 0 aliphatic heterocycles. The molecule has 7 nitrogen and oxygen atoms in total. The van der Waals surface area contributed by atoms with Crippen LogP contribution in [0, 0.1) is 0 Å². The Kier molecular flexibility index (Phi) is 5.85. The minimum absolute atomic E-state index is 0.176. The molecule has 0 saturated heterocycles. The van der Waals surface area contributed by atoms with Crippen molar-refractivity contribution in [2.45, 2.75) is 38.5 Å². The number of hydrogen-bond donors (Lipinski definition) is 3. The molecule has 2 heterocycles. The van der Waals surface area contributed by atoms with Crippen LogP contribution in [0.5, 0.6) is 0 Å². The second kappa shape index (κ2) is 8.71. The van der Waals surface area contributed by atoms with Crippen LogP contribution in [0.2, 0.25) is 0 Å². The van der Waals surface area contributed by atoms with E-state index in [1.54, 1.807) is 0 Å². The Morgan fingerprint density at radius 2 is 1.97 bits per heavy atom. The number of anilines is 1. The summed E-state index contributed by atoms with van der Waals surface area (Å²) in [6, 6.07) is 7.87. The summed E-state index contributed by atoms with van der Waals surface area (Å²) in [7, 11) is 0. The van der Waals surface area contributed by atoms with Crippen LogP contribution < -0.4 is 11.1 Å². The number of fused-ring (bicyclic) bond motifs is 2. The van der Waals surface area contributed by atoms with Gasteiger partial charge in [0.2, 0.25) is 0 Å². The van der Waals surface area contributed by atoms with E-state index in [1.165, 1.54) is 11.3 Å². The molecule has 0 atom stereocenters. The van der Waals surface area contributed by atoms with Crippen molar-refractivity contribution in [1.82, 2.24) is 4.98 Å². The molecule has 30 heavy (non-hydrogen) atoms.